The molecule has 0 fully saturated rings. The van der Waals surface area contributed by atoms with Crippen LogP contribution in [0.3, 0.4) is 0 Å². The number of methoxy groups -OCH3 is 1. The molecular formula is C23H20F2N3O3+. The summed E-state index contributed by atoms with van der Waals surface area (Å²) in [7, 11) is 1.53. The number of pyridine rings is 1. The summed E-state index contributed by atoms with van der Waals surface area (Å²) in [6, 6.07) is 5.64. The maximum Gasteiger partial charge on any atom is 0.364 e. The summed E-state index contributed by atoms with van der Waals surface area (Å²) in [6.07, 6.45) is 3.87. The molecule has 31 heavy (non-hydrogen) atoms. The van der Waals surface area contributed by atoms with Crippen LogP contribution in [0.1, 0.15) is 31.5 Å². The number of hydrogen-bond acceptors (Lipinski definition) is 4. The summed E-state index contributed by atoms with van der Waals surface area (Å²) < 4.78 is 44.1. The standard InChI is InChI=1S/C23H20F2N3O3/c1-5-23(3)19(21-27-11-26-12(2)20(27)22(29)31-21)15-8-13(24)9-16(25)18(15)17-10-14(30-4)6-7-28(17)23/h6-11H,5H2,1-4H3/q+1. The van der Waals surface area contributed by atoms with Crippen molar-refractivity contribution in [3.63, 3.8) is 0 Å². The lowest BCUT2D eigenvalue weighted by atomic mass is 9.78. The van der Waals surface area contributed by atoms with Gasteiger partial charge in [0.2, 0.25) is 11.2 Å². The molecule has 1 aliphatic rings. The predicted octanol–water partition coefficient (Wildman–Crippen LogP) is 2.89. The summed E-state index contributed by atoms with van der Waals surface area (Å²) in [6.45, 7) is 5.63. The third-order valence-electron chi connectivity index (χ3n) is 6.27. The first-order valence-corrected chi connectivity index (χ1v) is 9.91. The zero-order chi connectivity index (χ0) is 22.1. The van der Waals surface area contributed by atoms with Gasteiger partial charge in [-0.3, -0.25) is 4.40 Å². The van der Waals surface area contributed by atoms with Crippen LogP contribution in [0.15, 0.2) is 46.0 Å². The topological polar surface area (TPSA) is 60.6 Å². The molecule has 1 unspecified atom stereocenters. The van der Waals surface area contributed by atoms with Crippen LogP contribution in [0, 0.1) is 18.6 Å². The lowest BCUT2D eigenvalue weighted by Gasteiger charge is -2.32. The van der Waals surface area contributed by atoms with Gasteiger partial charge >= 0.3 is 5.63 Å². The van der Waals surface area contributed by atoms with E-state index in [9.17, 15) is 9.18 Å². The quantitative estimate of drug-likeness (QED) is 0.465. The molecule has 0 saturated heterocycles. The van der Waals surface area contributed by atoms with Gasteiger partial charge in [0.25, 0.3) is 0 Å². The van der Waals surface area contributed by atoms with Gasteiger partial charge in [0, 0.05) is 31.0 Å². The number of halogens is 2. The van der Waals surface area contributed by atoms with Crippen molar-refractivity contribution in [3.05, 3.63) is 75.6 Å². The van der Waals surface area contributed by atoms with Crippen molar-refractivity contribution in [1.82, 2.24) is 9.38 Å². The summed E-state index contributed by atoms with van der Waals surface area (Å²) in [4.78, 5) is 16.8. The SMILES string of the molecule is CCC1(C)C(=c2oc(=O)c3c(C)ncn23)c2cc(F)cc(F)c2-c2cc(OC)cc[n+]21. The van der Waals surface area contributed by atoms with Crippen molar-refractivity contribution in [2.45, 2.75) is 32.7 Å². The van der Waals surface area contributed by atoms with Crippen LogP contribution in [0.25, 0.3) is 22.3 Å². The summed E-state index contributed by atoms with van der Waals surface area (Å²) in [5.41, 5.74) is 1.34. The summed E-state index contributed by atoms with van der Waals surface area (Å²) in [5.74, 6) is -0.870. The molecule has 1 aromatic carbocycles. The molecule has 1 aliphatic heterocycles. The molecule has 4 heterocycles. The molecule has 1 atom stereocenters. The lowest BCUT2D eigenvalue weighted by molar-refractivity contribution is -0.737. The van der Waals surface area contributed by atoms with Crippen LogP contribution in [0.2, 0.25) is 0 Å². The summed E-state index contributed by atoms with van der Waals surface area (Å²) in [5, 5.41) is 0. The van der Waals surface area contributed by atoms with Crippen molar-refractivity contribution in [3.8, 4) is 17.0 Å². The van der Waals surface area contributed by atoms with Gasteiger partial charge < -0.3 is 9.15 Å². The van der Waals surface area contributed by atoms with Gasteiger partial charge in [-0.25, -0.2) is 18.6 Å². The van der Waals surface area contributed by atoms with Gasteiger partial charge in [-0.2, -0.15) is 4.57 Å². The van der Waals surface area contributed by atoms with E-state index in [0.717, 1.165) is 6.07 Å². The van der Waals surface area contributed by atoms with Gasteiger partial charge in [-0.05, 0) is 13.0 Å². The molecule has 0 amide bonds. The zero-order valence-corrected chi connectivity index (χ0v) is 17.5. The van der Waals surface area contributed by atoms with Crippen molar-refractivity contribution in [1.29, 1.82) is 0 Å². The van der Waals surface area contributed by atoms with Gasteiger partial charge in [0.1, 0.15) is 23.7 Å². The fourth-order valence-electron chi connectivity index (χ4n) is 4.56. The Kier molecular flexibility index (Phi) is 4.05. The smallest absolute Gasteiger partial charge is 0.364 e. The number of rotatable bonds is 2. The van der Waals surface area contributed by atoms with Crippen molar-refractivity contribution >= 4 is 11.1 Å². The van der Waals surface area contributed by atoms with E-state index in [4.69, 9.17) is 9.15 Å². The first-order valence-electron chi connectivity index (χ1n) is 9.91. The molecule has 4 aromatic rings. The van der Waals surface area contributed by atoms with Crippen LogP contribution < -0.4 is 20.5 Å². The number of fused-ring (bicyclic) bond motifs is 4. The number of nitrogens with zero attached hydrogens (tertiary/aromatic N) is 3. The number of hydrogen-bond donors (Lipinski definition) is 0. The Balaban J connectivity index is 2.05. The predicted molar refractivity (Wildman–Crippen MR) is 109 cm³/mol. The minimum atomic E-state index is -0.774. The van der Waals surface area contributed by atoms with Gasteiger partial charge in [0.05, 0.1) is 30.0 Å². The second kappa shape index (κ2) is 6.47. The number of ether oxygens (including phenoxy) is 1. The van der Waals surface area contributed by atoms with E-state index in [1.165, 1.54) is 19.5 Å². The van der Waals surface area contributed by atoms with Crippen LogP contribution >= 0.6 is 0 Å². The molecule has 0 radical (unpaired) electrons. The Hall–Kier alpha value is -3.55. The second-order valence-corrected chi connectivity index (χ2v) is 7.88. The highest BCUT2D eigenvalue weighted by molar-refractivity contribution is 5.83. The maximum atomic E-state index is 15.2. The maximum absolute atomic E-state index is 15.2. The highest BCUT2D eigenvalue weighted by Gasteiger charge is 2.48. The normalized spacial score (nSPS) is 19.4. The minimum absolute atomic E-state index is 0.213. The molecular weight excluding hydrogens is 404 g/mol. The molecule has 6 nitrogen and oxygen atoms in total. The zero-order valence-electron chi connectivity index (χ0n) is 17.5. The van der Waals surface area contributed by atoms with Crippen LogP contribution in [0.5, 0.6) is 5.75 Å². The van der Waals surface area contributed by atoms with Gasteiger partial charge in [-0.1, -0.05) is 6.92 Å². The molecule has 0 aliphatic carbocycles. The van der Waals surface area contributed by atoms with E-state index >= 15 is 4.39 Å². The molecule has 8 heteroatoms. The number of benzene rings is 1. The Labute approximate surface area is 176 Å². The number of aromatic nitrogens is 3. The van der Waals surface area contributed by atoms with Gasteiger partial charge in [-0.15, -0.1) is 0 Å². The largest absolute Gasteiger partial charge is 0.496 e. The highest BCUT2D eigenvalue weighted by Crippen LogP contribution is 2.43. The Morgan fingerprint density at radius 1 is 1.29 bits per heavy atom. The molecule has 3 aromatic heterocycles. The third kappa shape index (κ3) is 2.50. The second-order valence-electron chi connectivity index (χ2n) is 7.88. The van der Waals surface area contributed by atoms with Gasteiger partial charge in [0.15, 0.2) is 17.3 Å². The summed E-state index contributed by atoms with van der Waals surface area (Å²) >= 11 is 0. The van der Waals surface area contributed by atoms with E-state index in [1.54, 1.807) is 29.7 Å². The Morgan fingerprint density at radius 2 is 2.06 bits per heavy atom. The monoisotopic (exact) mass is 424 g/mol. The van der Waals surface area contributed by atoms with Crippen molar-refractivity contribution in [2.75, 3.05) is 7.11 Å². The Bertz CT molecular complexity index is 1490. The lowest BCUT2D eigenvalue weighted by Crippen LogP contribution is -2.59. The van der Waals surface area contributed by atoms with Crippen LogP contribution in [-0.2, 0) is 5.54 Å². The fourth-order valence-corrected chi connectivity index (χ4v) is 4.56. The number of imidazole rings is 1. The highest BCUT2D eigenvalue weighted by atomic mass is 19.1. The molecule has 158 valence electrons. The van der Waals surface area contributed by atoms with E-state index in [2.05, 4.69) is 4.98 Å². The molecule has 5 rings (SSSR count). The van der Waals surface area contributed by atoms with E-state index < -0.39 is 22.8 Å². The molecule has 0 N–H and O–H groups in total. The number of oxazole rings is 1. The van der Waals surface area contributed by atoms with E-state index in [0.29, 0.717) is 40.2 Å². The fraction of sp³-hybridized carbons (Fsp3) is 0.261. The van der Waals surface area contributed by atoms with Crippen molar-refractivity contribution in [2.24, 2.45) is 0 Å². The first kappa shape index (κ1) is 19.4. The third-order valence-corrected chi connectivity index (χ3v) is 6.27. The first-order chi connectivity index (χ1) is 14.8. The van der Waals surface area contributed by atoms with E-state index in [1.807, 2.05) is 18.4 Å². The number of aryl methyl sites for hydroxylation is 1. The Morgan fingerprint density at radius 3 is 2.77 bits per heavy atom. The molecule has 0 bridgehead atoms. The average Bonchev–Trinajstić information content (AvgIpc) is 3.28. The molecule has 0 saturated carbocycles. The van der Waals surface area contributed by atoms with Crippen LogP contribution in [-0.4, -0.2) is 16.5 Å². The van der Waals surface area contributed by atoms with Crippen LogP contribution in [0.4, 0.5) is 8.78 Å². The average molecular weight is 424 g/mol. The van der Waals surface area contributed by atoms with Crippen molar-refractivity contribution < 1.29 is 22.5 Å². The molecule has 0 spiro atoms. The minimum Gasteiger partial charge on any atom is -0.496 e. The van der Waals surface area contributed by atoms with E-state index in [-0.39, 0.29) is 11.1 Å².